The number of nitrogens with one attached hydrogen (secondary N) is 1. The zero-order valence-electron chi connectivity index (χ0n) is 12.2. The molecule has 3 fully saturated rings. The van der Waals surface area contributed by atoms with Crippen LogP contribution in [0.4, 0.5) is 0 Å². The fraction of sp³-hybridized carbons (Fsp3) is 0.667. The fourth-order valence-corrected chi connectivity index (χ4v) is 5.84. The Morgan fingerprint density at radius 1 is 1.10 bits per heavy atom. The number of fused-ring (bicyclic) bond motifs is 6. The Balaban J connectivity index is 1.38. The van der Waals surface area contributed by atoms with Gasteiger partial charge in [0.05, 0.1) is 6.61 Å². The van der Waals surface area contributed by atoms with Gasteiger partial charge in [-0.25, -0.2) is 0 Å². The molecule has 2 bridgehead atoms. The van der Waals surface area contributed by atoms with Crippen LogP contribution >= 0.6 is 15.9 Å². The largest absolute Gasteiger partial charge is 0.493 e. The SMILES string of the molecule is Brc1ccc2c(c1)OCCCC2NC1C2C3CCC(C3)C12. The van der Waals surface area contributed by atoms with E-state index in [0.29, 0.717) is 6.04 Å². The highest BCUT2D eigenvalue weighted by molar-refractivity contribution is 9.10. The first-order chi connectivity index (χ1) is 10.3. The monoisotopic (exact) mass is 347 g/mol. The van der Waals surface area contributed by atoms with Gasteiger partial charge in [-0.1, -0.05) is 22.0 Å². The van der Waals surface area contributed by atoms with E-state index in [9.17, 15) is 0 Å². The minimum absolute atomic E-state index is 0.491. The maximum atomic E-state index is 5.94. The van der Waals surface area contributed by atoms with E-state index >= 15 is 0 Å². The van der Waals surface area contributed by atoms with Gasteiger partial charge in [-0.05, 0) is 67.9 Å². The zero-order chi connectivity index (χ0) is 14.0. The molecule has 1 aliphatic heterocycles. The summed E-state index contributed by atoms with van der Waals surface area (Å²) in [6, 6.07) is 7.82. The molecule has 1 aromatic carbocycles. The van der Waals surface area contributed by atoms with Crippen LogP contribution in [0.1, 0.15) is 43.7 Å². The number of ether oxygens (including phenoxy) is 1. The molecule has 0 radical (unpaired) electrons. The number of hydrogen-bond donors (Lipinski definition) is 1. The Hall–Kier alpha value is -0.540. The third-order valence-corrected chi connectivity index (χ3v) is 6.87. The highest BCUT2D eigenvalue weighted by Gasteiger charge is 2.65. The molecule has 5 atom stereocenters. The number of halogens is 1. The predicted octanol–water partition coefficient (Wildman–Crippen LogP) is 4.30. The second kappa shape index (κ2) is 4.73. The molecule has 0 saturated heterocycles. The lowest BCUT2D eigenvalue weighted by atomic mass is 10.00. The molecule has 1 aromatic rings. The van der Waals surface area contributed by atoms with Gasteiger partial charge in [-0.3, -0.25) is 0 Å². The molecular weight excluding hydrogens is 326 g/mol. The molecule has 3 heteroatoms. The second-order valence-corrected chi connectivity index (χ2v) is 8.32. The molecule has 0 amide bonds. The molecular formula is C18H22BrNO. The van der Waals surface area contributed by atoms with Gasteiger partial charge in [0.25, 0.3) is 0 Å². The van der Waals surface area contributed by atoms with Crippen molar-refractivity contribution in [3.05, 3.63) is 28.2 Å². The molecule has 3 saturated carbocycles. The first-order valence-electron chi connectivity index (χ1n) is 8.49. The summed E-state index contributed by atoms with van der Waals surface area (Å²) in [5.74, 6) is 5.18. The van der Waals surface area contributed by atoms with Gasteiger partial charge in [0, 0.05) is 22.1 Å². The summed E-state index contributed by atoms with van der Waals surface area (Å²) in [6.45, 7) is 0.852. The summed E-state index contributed by atoms with van der Waals surface area (Å²) in [5.41, 5.74) is 1.37. The molecule has 0 aromatic heterocycles. The fourth-order valence-electron chi connectivity index (χ4n) is 5.50. The first-order valence-corrected chi connectivity index (χ1v) is 9.29. The Bertz CT molecular complexity index is 558. The number of benzene rings is 1. The lowest BCUT2D eigenvalue weighted by Gasteiger charge is -2.21. The van der Waals surface area contributed by atoms with Crippen LogP contribution in [0.15, 0.2) is 22.7 Å². The van der Waals surface area contributed by atoms with Crippen LogP contribution in [-0.4, -0.2) is 12.6 Å². The topological polar surface area (TPSA) is 21.3 Å². The highest BCUT2D eigenvalue weighted by Crippen LogP contribution is 2.66. The lowest BCUT2D eigenvalue weighted by molar-refractivity contribution is 0.314. The second-order valence-electron chi connectivity index (χ2n) is 7.41. The van der Waals surface area contributed by atoms with Gasteiger partial charge < -0.3 is 10.1 Å². The number of rotatable bonds is 2. The van der Waals surface area contributed by atoms with Crippen molar-refractivity contribution in [2.75, 3.05) is 6.61 Å². The highest BCUT2D eigenvalue weighted by atomic mass is 79.9. The van der Waals surface area contributed by atoms with Crippen LogP contribution in [0.2, 0.25) is 0 Å². The maximum Gasteiger partial charge on any atom is 0.125 e. The summed E-state index contributed by atoms with van der Waals surface area (Å²) in [6.07, 6.45) is 6.90. The normalized spacial score (nSPS) is 42.9. The van der Waals surface area contributed by atoms with Crippen molar-refractivity contribution in [3.8, 4) is 5.75 Å². The van der Waals surface area contributed by atoms with Crippen LogP contribution in [0.3, 0.4) is 0 Å². The quantitative estimate of drug-likeness (QED) is 0.861. The first kappa shape index (κ1) is 13.0. The predicted molar refractivity (Wildman–Crippen MR) is 86.3 cm³/mol. The van der Waals surface area contributed by atoms with E-state index < -0.39 is 0 Å². The minimum atomic E-state index is 0.491. The Morgan fingerprint density at radius 3 is 2.71 bits per heavy atom. The molecule has 3 aliphatic carbocycles. The average Bonchev–Trinajstić information content (AvgIpc) is 2.92. The van der Waals surface area contributed by atoms with E-state index in [1.807, 2.05) is 0 Å². The van der Waals surface area contributed by atoms with Crippen molar-refractivity contribution in [2.24, 2.45) is 23.7 Å². The summed E-state index contributed by atoms with van der Waals surface area (Å²) in [5, 5.41) is 4.02. The van der Waals surface area contributed by atoms with Crippen molar-refractivity contribution < 1.29 is 4.74 Å². The smallest absolute Gasteiger partial charge is 0.125 e. The van der Waals surface area contributed by atoms with Crippen LogP contribution in [0, 0.1) is 23.7 Å². The Kier molecular flexibility index (Phi) is 2.91. The Labute approximate surface area is 134 Å². The van der Waals surface area contributed by atoms with E-state index in [4.69, 9.17) is 4.74 Å². The summed E-state index contributed by atoms with van der Waals surface area (Å²) < 4.78 is 7.05. The molecule has 1 heterocycles. The molecule has 0 spiro atoms. The van der Waals surface area contributed by atoms with Gasteiger partial charge in [0.2, 0.25) is 0 Å². The molecule has 2 nitrogen and oxygen atoms in total. The van der Waals surface area contributed by atoms with Crippen LogP contribution in [-0.2, 0) is 0 Å². The summed E-state index contributed by atoms with van der Waals surface area (Å²) >= 11 is 3.56. The molecule has 112 valence electrons. The van der Waals surface area contributed by atoms with Gasteiger partial charge in [-0.15, -0.1) is 0 Å². The van der Waals surface area contributed by atoms with Crippen LogP contribution in [0.25, 0.3) is 0 Å². The van der Waals surface area contributed by atoms with Crippen molar-refractivity contribution in [1.82, 2.24) is 5.32 Å². The molecule has 5 unspecified atom stereocenters. The van der Waals surface area contributed by atoms with Gasteiger partial charge >= 0.3 is 0 Å². The van der Waals surface area contributed by atoms with E-state index in [1.54, 1.807) is 0 Å². The molecule has 5 rings (SSSR count). The van der Waals surface area contributed by atoms with E-state index in [-0.39, 0.29) is 0 Å². The van der Waals surface area contributed by atoms with Crippen molar-refractivity contribution in [2.45, 2.75) is 44.2 Å². The minimum Gasteiger partial charge on any atom is -0.493 e. The zero-order valence-corrected chi connectivity index (χ0v) is 13.8. The molecule has 1 N–H and O–H groups in total. The van der Waals surface area contributed by atoms with E-state index in [2.05, 4.69) is 39.4 Å². The number of hydrogen-bond acceptors (Lipinski definition) is 2. The summed E-state index contributed by atoms with van der Waals surface area (Å²) in [4.78, 5) is 0. The van der Waals surface area contributed by atoms with Crippen molar-refractivity contribution in [1.29, 1.82) is 0 Å². The van der Waals surface area contributed by atoms with Crippen LogP contribution < -0.4 is 10.1 Å². The average molecular weight is 348 g/mol. The van der Waals surface area contributed by atoms with Crippen molar-refractivity contribution >= 4 is 15.9 Å². The Morgan fingerprint density at radius 2 is 1.90 bits per heavy atom. The van der Waals surface area contributed by atoms with E-state index in [1.165, 1.54) is 31.2 Å². The van der Waals surface area contributed by atoms with Crippen molar-refractivity contribution in [3.63, 3.8) is 0 Å². The summed E-state index contributed by atoms with van der Waals surface area (Å²) in [7, 11) is 0. The van der Waals surface area contributed by atoms with Gasteiger partial charge in [-0.2, -0.15) is 0 Å². The third kappa shape index (κ3) is 2.00. The lowest BCUT2D eigenvalue weighted by Crippen LogP contribution is -2.27. The standard InChI is InChI=1S/C18H22BrNO/c19-12-5-6-13-14(2-1-7-21-15(13)9-12)20-18-16-10-3-4-11(8-10)17(16)18/h5-6,9-11,14,16-18,20H,1-4,7-8H2. The van der Waals surface area contributed by atoms with Gasteiger partial charge in [0.1, 0.15) is 5.75 Å². The maximum absolute atomic E-state index is 5.94. The van der Waals surface area contributed by atoms with Gasteiger partial charge in [0.15, 0.2) is 0 Å². The van der Waals surface area contributed by atoms with Crippen LogP contribution in [0.5, 0.6) is 5.75 Å². The van der Waals surface area contributed by atoms with E-state index in [0.717, 1.165) is 53.0 Å². The molecule has 21 heavy (non-hydrogen) atoms. The molecule has 4 aliphatic rings. The third-order valence-electron chi connectivity index (χ3n) is 6.37.